The normalized spacial score (nSPS) is 20.6. The van der Waals surface area contributed by atoms with Crippen molar-refractivity contribution >= 4 is 11.5 Å². The zero-order chi connectivity index (χ0) is 20.5. The number of carbonyl (C=O) groups excluding carboxylic acids is 1. The van der Waals surface area contributed by atoms with Gasteiger partial charge in [0.05, 0.1) is 26.0 Å². The van der Waals surface area contributed by atoms with Gasteiger partial charge in [0.15, 0.2) is 5.78 Å². The highest BCUT2D eigenvalue weighted by Crippen LogP contribution is 2.45. The number of hydrogen-bond acceptors (Lipinski definition) is 5. The molecule has 2 aromatic rings. The molecule has 0 amide bonds. The lowest BCUT2D eigenvalue weighted by atomic mass is 9.77. The number of benzene rings is 2. The number of hydrazone groups is 1. The molecule has 5 heteroatoms. The Bertz CT molecular complexity index is 992. The number of ketones is 1. The van der Waals surface area contributed by atoms with Crippen molar-refractivity contribution in [2.75, 3.05) is 14.2 Å². The third-order valence-electron chi connectivity index (χ3n) is 5.76. The Morgan fingerprint density at radius 2 is 1.76 bits per heavy atom. The lowest BCUT2D eigenvalue weighted by molar-refractivity contribution is -0.112. The molecule has 5 nitrogen and oxygen atoms in total. The van der Waals surface area contributed by atoms with E-state index in [9.17, 15) is 4.79 Å². The third kappa shape index (κ3) is 3.53. The van der Waals surface area contributed by atoms with Crippen molar-refractivity contribution in [1.29, 1.82) is 0 Å². The van der Waals surface area contributed by atoms with Crippen LogP contribution >= 0.6 is 0 Å². The van der Waals surface area contributed by atoms with E-state index < -0.39 is 0 Å². The highest BCUT2D eigenvalue weighted by molar-refractivity contribution is 6.06. The van der Waals surface area contributed by atoms with Gasteiger partial charge in [-0.15, -0.1) is 0 Å². The summed E-state index contributed by atoms with van der Waals surface area (Å²) in [5.74, 6) is 1.93. The van der Waals surface area contributed by atoms with E-state index in [1.165, 1.54) is 5.56 Å². The molecular weight excluding hydrogens is 364 g/mol. The molecule has 0 radical (unpaired) electrons. The first-order valence-electron chi connectivity index (χ1n) is 9.89. The van der Waals surface area contributed by atoms with E-state index >= 15 is 0 Å². The summed E-state index contributed by atoms with van der Waals surface area (Å²) < 4.78 is 10.8. The fourth-order valence-corrected chi connectivity index (χ4v) is 4.40. The summed E-state index contributed by atoms with van der Waals surface area (Å²) in [7, 11) is 3.36. The molecule has 0 unspecified atom stereocenters. The van der Waals surface area contributed by atoms with Gasteiger partial charge in [-0.05, 0) is 62.1 Å². The smallest absolute Gasteiger partial charge is 0.154 e. The van der Waals surface area contributed by atoms with Crippen molar-refractivity contribution in [3.63, 3.8) is 0 Å². The first-order valence-corrected chi connectivity index (χ1v) is 9.89. The van der Waals surface area contributed by atoms with Crippen molar-refractivity contribution in [3.8, 4) is 11.5 Å². The standard InChI is InChI=1S/C24H26N2O3/c1-15(13-16(2)27)26-24(18-6-9-19(28-3)10-7-18)21-12-8-17-5-11-20(29-4)14-22(17)23(21)25-26/h5-7,9-11,13-14,21,24H,8,12H2,1-4H3/b15-13+/t21-,24-/m1/s1. The molecule has 2 atom stereocenters. The Hall–Kier alpha value is -3.08. The molecular formula is C24H26N2O3. The maximum Gasteiger partial charge on any atom is 0.154 e. The van der Waals surface area contributed by atoms with Crippen molar-refractivity contribution in [2.45, 2.75) is 32.7 Å². The maximum absolute atomic E-state index is 11.7. The van der Waals surface area contributed by atoms with Crippen molar-refractivity contribution in [2.24, 2.45) is 11.0 Å². The number of allylic oxidation sites excluding steroid dienone is 2. The van der Waals surface area contributed by atoms with Crippen LogP contribution in [-0.4, -0.2) is 30.7 Å². The highest BCUT2D eigenvalue weighted by atomic mass is 16.5. The van der Waals surface area contributed by atoms with Crippen LogP contribution in [0.2, 0.25) is 0 Å². The molecule has 0 aromatic heterocycles. The zero-order valence-corrected chi connectivity index (χ0v) is 17.3. The Morgan fingerprint density at radius 3 is 2.41 bits per heavy atom. The molecule has 1 aliphatic heterocycles. The first-order chi connectivity index (χ1) is 14.0. The van der Waals surface area contributed by atoms with Gasteiger partial charge in [-0.3, -0.25) is 9.80 Å². The summed E-state index contributed by atoms with van der Waals surface area (Å²) in [5, 5.41) is 7.03. The molecule has 1 aliphatic carbocycles. The molecule has 1 heterocycles. The topological polar surface area (TPSA) is 51.1 Å². The minimum Gasteiger partial charge on any atom is -0.497 e. The minimum atomic E-state index is 0.0214. The highest BCUT2D eigenvalue weighted by Gasteiger charge is 2.42. The second-order valence-corrected chi connectivity index (χ2v) is 7.61. The zero-order valence-electron chi connectivity index (χ0n) is 17.3. The SMILES string of the molecule is COc1ccc([C@@H]2[C@@H]3CCc4ccc(OC)cc4C3=NN2/C(C)=C/C(C)=O)cc1. The fraction of sp³-hybridized carbons (Fsp3) is 0.333. The number of nitrogens with zero attached hydrogens (tertiary/aromatic N) is 2. The predicted molar refractivity (Wildman–Crippen MR) is 113 cm³/mol. The third-order valence-corrected chi connectivity index (χ3v) is 5.76. The Morgan fingerprint density at radius 1 is 1.07 bits per heavy atom. The van der Waals surface area contributed by atoms with E-state index in [0.29, 0.717) is 0 Å². The maximum atomic E-state index is 11.7. The molecule has 0 N–H and O–H groups in total. The predicted octanol–water partition coefficient (Wildman–Crippen LogP) is 4.52. The van der Waals surface area contributed by atoms with Crippen LogP contribution in [0.1, 0.15) is 43.0 Å². The van der Waals surface area contributed by atoms with E-state index in [1.807, 2.05) is 30.1 Å². The molecule has 0 bridgehead atoms. The molecule has 0 saturated carbocycles. The van der Waals surface area contributed by atoms with Crippen LogP contribution in [0.4, 0.5) is 0 Å². The van der Waals surface area contributed by atoms with E-state index in [0.717, 1.165) is 46.9 Å². The number of carbonyl (C=O) groups is 1. The number of methoxy groups -OCH3 is 2. The van der Waals surface area contributed by atoms with Crippen LogP contribution in [0.25, 0.3) is 0 Å². The summed E-state index contributed by atoms with van der Waals surface area (Å²) >= 11 is 0. The van der Waals surface area contributed by atoms with Crippen molar-refractivity contribution in [3.05, 3.63) is 70.9 Å². The Labute approximate surface area is 171 Å². The van der Waals surface area contributed by atoms with E-state index in [2.05, 4.69) is 24.3 Å². The van der Waals surface area contributed by atoms with Gasteiger partial charge < -0.3 is 9.47 Å². The molecule has 4 rings (SSSR count). The van der Waals surface area contributed by atoms with Crippen molar-refractivity contribution < 1.29 is 14.3 Å². The Balaban J connectivity index is 1.81. The van der Waals surface area contributed by atoms with Crippen LogP contribution in [0.3, 0.4) is 0 Å². The number of fused-ring (bicyclic) bond motifs is 3. The number of rotatable bonds is 5. The van der Waals surface area contributed by atoms with Crippen LogP contribution < -0.4 is 9.47 Å². The van der Waals surface area contributed by atoms with E-state index in [1.54, 1.807) is 27.2 Å². The largest absolute Gasteiger partial charge is 0.497 e. The first kappa shape index (κ1) is 19.2. The van der Waals surface area contributed by atoms with Crippen LogP contribution in [-0.2, 0) is 11.2 Å². The van der Waals surface area contributed by atoms with Crippen LogP contribution in [0, 0.1) is 5.92 Å². The summed E-state index contributed by atoms with van der Waals surface area (Å²) in [6, 6.07) is 14.4. The minimum absolute atomic E-state index is 0.0214. The lowest BCUT2D eigenvalue weighted by Gasteiger charge is -2.31. The van der Waals surface area contributed by atoms with Gasteiger partial charge in [-0.2, -0.15) is 5.10 Å². The molecule has 2 aliphatic rings. The van der Waals surface area contributed by atoms with Gasteiger partial charge in [0.1, 0.15) is 11.5 Å². The monoisotopic (exact) mass is 390 g/mol. The van der Waals surface area contributed by atoms with Gasteiger partial charge in [0.25, 0.3) is 0 Å². The summed E-state index contributed by atoms with van der Waals surface area (Å²) in [6.07, 6.45) is 3.67. The number of ether oxygens (including phenoxy) is 2. The summed E-state index contributed by atoms with van der Waals surface area (Å²) in [6.45, 7) is 3.52. The van der Waals surface area contributed by atoms with Gasteiger partial charge in [-0.1, -0.05) is 18.2 Å². The van der Waals surface area contributed by atoms with Gasteiger partial charge in [-0.25, -0.2) is 0 Å². The average molecular weight is 390 g/mol. The quantitative estimate of drug-likeness (QED) is 0.705. The molecule has 0 fully saturated rings. The molecule has 150 valence electrons. The van der Waals surface area contributed by atoms with Gasteiger partial charge in [0.2, 0.25) is 0 Å². The molecule has 29 heavy (non-hydrogen) atoms. The average Bonchev–Trinajstić information content (AvgIpc) is 3.13. The van der Waals surface area contributed by atoms with E-state index in [-0.39, 0.29) is 17.7 Å². The Kier molecular flexibility index (Phi) is 5.14. The van der Waals surface area contributed by atoms with Crippen molar-refractivity contribution in [1.82, 2.24) is 5.01 Å². The second-order valence-electron chi connectivity index (χ2n) is 7.61. The van der Waals surface area contributed by atoms with Crippen LogP contribution in [0.5, 0.6) is 11.5 Å². The number of aryl methyl sites for hydroxylation is 1. The van der Waals surface area contributed by atoms with Crippen LogP contribution in [0.15, 0.2) is 59.3 Å². The lowest BCUT2D eigenvalue weighted by Crippen LogP contribution is -2.28. The van der Waals surface area contributed by atoms with E-state index in [4.69, 9.17) is 14.6 Å². The fourth-order valence-electron chi connectivity index (χ4n) is 4.40. The summed E-state index contributed by atoms with van der Waals surface area (Å²) in [5.41, 5.74) is 5.53. The molecule has 0 saturated heterocycles. The van der Waals surface area contributed by atoms with Gasteiger partial charge >= 0.3 is 0 Å². The molecule has 0 spiro atoms. The number of hydrogen-bond donors (Lipinski definition) is 0. The van der Waals surface area contributed by atoms with Gasteiger partial charge in [0, 0.05) is 23.3 Å². The molecule has 2 aromatic carbocycles. The second kappa shape index (κ2) is 7.74. The summed E-state index contributed by atoms with van der Waals surface area (Å²) in [4.78, 5) is 11.7.